The maximum Gasteiger partial charge on any atom is 0.156 e. The van der Waals surface area contributed by atoms with Crippen LogP contribution in [0.2, 0.25) is 0 Å². The van der Waals surface area contributed by atoms with Gasteiger partial charge >= 0.3 is 0 Å². The van der Waals surface area contributed by atoms with Gasteiger partial charge in [-0.15, -0.1) is 0 Å². The maximum atomic E-state index is 8.96. The number of rotatable bonds is 1. The van der Waals surface area contributed by atoms with Gasteiger partial charge in [0.05, 0.1) is 0 Å². The van der Waals surface area contributed by atoms with E-state index in [9.17, 15) is 0 Å². The van der Waals surface area contributed by atoms with Gasteiger partial charge in [-0.25, -0.2) is 0 Å². The van der Waals surface area contributed by atoms with Crippen molar-refractivity contribution in [3.05, 3.63) is 0 Å². The van der Waals surface area contributed by atoms with Crippen LogP contribution in [0.15, 0.2) is 0 Å². The van der Waals surface area contributed by atoms with Crippen molar-refractivity contribution in [2.75, 3.05) is 13.1 Å². The molecule has 1 heterocycles. The number of aliphatic hydroxyl groups excluding tert-OH is 1. The molecule has 1 saturated heterocycles. The quantitative estimate of drug-likeness (QED) is 0.443. The molecule has 0 amide bonds. The van der Waals surface area contributed by atoms with E-state index in [1.165, 1.54) is 0 Å². The van der Waals surface area contributed by atoms with Crippen LogP contribution in [-0.2, 0) is 0 Å². The third kappa shape index (κ3) is 1.48. The van der Waals surface area contributed by atoms with Crippen LogP contribution in [0.4, 0.5) is 0 Å². The average Bonchev–Trinajstić information content (AvgIpc) is 1.89. The van der Waals surface area contributed by atoms with E-state index in [0.717, 1.165) is 25.9 Å². The van der Waals surface area contributed by atoms with Crippen molar-refractivity contribution < 1.29 is 10.2 Å². The number of hydrogen-bond acceptors (Lipinski definition) is 3. The summed E-state index contributed by atoms with van der Waals surface area (Å²) in [6.45, 7) is 3.71. The van der Waals surface area contributed by atoms with Gasteiger partial charge in [0.25, 0.3) is 0 Å². The Balaban J connectivity index is 2.48. The van der Waals surface area contributed by atoms with Gasteiger partial charge in [-0.3, -0.25) is 0 Å². The van der Waals surface area contributed by atoms with E-state index in [0.29, 0.717) is 0 Å². The molecule has 0 radical (unpaired) electrons. The lowest BCUT2D eigenvalue weighted by molar-refractivity contribution is -0.138. The van der Waals surface area contributed by atoms with Gasteiger partial charge in [-0.2, -0.15) is 0 Å². The second-order valence-electron chi connectivity index (χ2n) is 3.28. The molecule has 0 aromatic heterocycles. The van der Waals surface area contributed by atoms with Crippen LogP contribution in [0.1, 0.15) is 19.8 Å². The highest BCUT2D eigenvalue weighted by Crippen LogP contribution is 2.30. The summed E-state index contributed by atoms with van der Waals surface area (Å²) < 4.78 is 0. The Morgan fingerprint density at radius 2 is 1.80 bits per heavy atom. The SMILES string of the molecule is CC1(C(O)O)CCNCC1. The molecule has 0 unspecified atom stereocenters. The lowest BCUT2D eigenvalue weighted by Gasteiger charge is -2.35. The number of piperidine rings is 1. The third-order valence-corrected chi connectivity index (χ3v) is 2.37. The first-order valence-corrected chi connectivity index (χ1v) is 3.72. The number of nitrogens with one attached hydrogen (secondary N) is 1. The molecule has 3 N–H and O–H groups in total. The van der Waals surface area contributed by atoms with Crippen molar-refractivity contribution in [1.82, 2.24) is 5.32 Å². The normalized spacial score (nSPS) is 25.2. The molecule has 0 atom stereocenters. The van der Waals surface area contributed by atoms with Gasteiger partial charge < -0.3 is 15.5 Å². The van der Waals surface area contributed by atoms with E-state index >= 15 is 0 Å². The molecule has 1 aliphatic heterocycles. The summed E-state index contributed by atoms with van der Waals surface area (Å²) in [5.74, 6) is 0. The minimum Gasteiger partial charge on any atom is -0.368 e. The highest BCUT2D eigenvalue weighted by Gasteiger charge is 2.32. The Bertz CT molecular complexity index is 108. The zero-order valence-electron chi connectivity index (χ0n) is 6.30. The molecule has 0 bridgehead atoms. The highest BCUT2D eigenvalue weighted by atomic mass is 16.5. The standard InChI is InChI=1S/C7H15NO2/c1-7(6(9)10)2-4-8-5-3-7/h6,8-10H,2-5H2,1H3. The summed E-state index contributed by atoms with van der Waals surface area (Å²) in [5.41, 5.74) is -0.273. The molecular formula is C7H15NO2. The summed E-state index contributed by atoms with van der Waals surface area (Å²) in [6.07, 6.45) is 0.546. The highest BCUT2D eigenvalue weighted by molar-refractivity contribution is 4.81. The second kappa shape index (κ2) is 2.86. The van der Waals surface area contributed by atoms with Crippen molar-refractivity contribution in [2.45, 2.75) is 26.1 Å². The summed E-state index contributed by atoms with van der Waals surface area (Å²) in [5, 5.41) is 21.1. The molecule has 1 rings (SSSR count). The Hall–Kier alpha value is -0.120. The fraction of sp³-hybridized carbons (Fsp3) is 1.00. The smallest absolute Gasteiger partial charge is 0.156 e. The third-order valence-electron chi connectivity index (χ3n) is 2.37. The van der Waals surface area contributed by atoms with Crippen molar-refractivity contribution in [3.63, 3.8) is 0 Å². The maximum absolute atomic E-state index is 8.96. The molecule has 60 valence electrons. The lowest BCUT2D eigenvalue weighted by atomic mass is 9.80. The Morgan fingerprint density at radius 3 is 2.10 bits per heavy atom. The van der Waals surface area contributed by atoms with E-state index < -0.39 is 6.29 Å². The van der Waals surface area contributed by atoms with Gasteiger partial charge in [0.1, 0.15) is 0 Å². The Labute approximate surface area is 61.1 Å². The molecular weight excluding hydrogens is 130 g/mol. The molecule has 1 fully saturated rings. The monoisotopic (exact) mass is 145 g/mol. The fourth-order valence-corrected chi connectivity index (χ4v) is 1.26. The summed E-state index contributed by atoms with van der Waals surface area (Å²) in [7, 11) is 0. The van der Waals surface area contributed by atoms with Crippen LogP contribution in [-0.4, -0.2) is 29.6 Å². The second-order valence-corrected chi connectivity index (χ2v) is 3.28. The Kier molecular flexibility index (Phi) is 2.28. The molecule has 0 aromatic carbocycles. The van der Waals surface area contributed by atoms with Gasteiger partial charge in [0.15, 0.2) is 6.29 Å². The van der Waals surface area contributed by atoms with E-state index in [1.807, 2.05) is 6.92 Å². The largest absolute Gasteiger partial charge is 0.368 e. The summed E-state index contributed by atoms with van der Waals surface area (Å²) in [6, 6.07) is 0. The molecule has 0 saturated carbocycles. The van der Waals surface area contributed by atoms with Gasteiger partial charge in [0, 0.05) is 5.41 Å². The van der Waals surface area contributed by atoms with Crippen LogP contribution >= 0.6 is 0 Å². The van der Waals surface area contributed by atoms with E-state index in [-0.39, 0.29) is 5.41 Å². The molecule has 0 aliphatic carbocycles. The molecule has 3 heteroatoms. The molecule has 0 spiro atoms. The molecule has 1 aliphatic rings. The van der Waals surface area contributed by atoms with Crippen LogP contribution in [0.25, 0.3) is 0 Å². The first-order chi connectivity index (χ1) is 4.65. The molecule has 10 heavy (non-hydrogen) atoms. The van der Waals surface area contributed by atoms with Crippen LogP contribution < -0.4 is 5.32 Å². The van der Waals surface area contributed by atoms with Gasteiger partial charge in [-0.1, -0.05) is 6.92 Å². The summed E-state index contributed by atoms with van der Waals surface area (Å²) in [4.78, 5) is 0. The minimum atomic E-state index is -1.16. The van der Waals surface area contributed by atoms with Crippen molar-refractivity contribution in [3.8, 4) is 0 Å². The topological polar surface area (TPSA) is 52.5 Å². The van der Waals surface area contributed by atoms with Crippen LogP contribution in [0.5, 0.6) is 0 Å². The van der Waals surface area contributed by atoms with Gasteiger partial charge in [0.2, 0.25) is 0 Å². The predicted molar refractivity (Wildman–Crippen MR) is 38.4 cm³/mol. The first-order valence-electron chi connectivity index (χ1n) is 3.72. The molecule has 3 nitrogen and oxygen atoms in total. The fourth-order valence-electron chi connectivity index (χ4n) is 1.26. The zero-order valence-corrected chi connectivity index (χ0v) is 6.30. The zero-order chi connectivity index (χ0) is 7.61. The number of aliphatic hydroxyl groups is 2. The molecule has 0 aromatic rings. The predicted octanol–water partition coefficient (Wildman–Crippen LogP) is -0.313. The summed E-state index contributed by atoms with van der Waals surface area (Å²) >= 11 is 0. The van der Waals surface area contributed by atoms with E-state index in [2.05, 4.69) is 5.32 Å². The Morgan fingerprint density at radius 1 is 1.30 bits per heavy atom. The van der Waals surface area contributed by atoms with Crippen molar-refractivity contribution in [1.29, 1.82) is 0 Å². The lowest BCUT2D eigenvalue weighted by Crippen LogP contribution is -2.42. The minimum absolute atomic E-state index is 0.273. The van der Waals surface area contributed by atoms with Crippen LogP contribution in [0, 0.1) is 5.41 Å². The van der Waals surface area contributed by atoms with Gasteiger partial charge in [-0.05, 0) is 25.9 Å². The first kappa shape index (κ1) is 7.98. The number of hydrogen-bond donors (Lipinski definition) is 3. The van der Waals surface area contributed by atoms with E-state index in [4.69, 9.17) is 10.2 Å². The van der Waals surface area contributed by atoms with E-state index in [1.54, 1.807) is 0 Å². The van der Waals surface area contributed by atoms with Crippen molar-refractivity contribution >= 4 is 0 Å². The average molecular weight is 145 g/mol. The van der Waals surface area contributed by atoms with Crippen LogP contribution in [0.3, 0.4) is 0 Å². The van der Waals surface area contributed by atoms with Crippen molar-refractivity contribution in [2.24, 2.45) is 5.41 Å².